The van der Waals surface area contributed by atoms with Crippen LogP contribution in [0.2, 0.25) is 0 Å². The molecule has 5 heteroatoms. The Morgan fingerprint density at radius 2 is 1.55 bits per heavy atom. The first-order valence-corrected chi connectivity index (χ1v) is 12.9. The highest BCUT2D eigenvalue weighted by molar-refractivity contribution is 7.85. The van der Waals surface area contributed by atoms with Crippen molar-refractivity contribution in [3.05, 3.63) is 102 Å². The number of carbonyl (C=O) groups excluding carboxylic acids is 1. The molecule has 3 aromatic rings. The third-order valence-corrected chi connectivity index (χ3v) is 9.16. The zero-order valence-electron chi connectivity index (χ0n) is 18.9. The molecule has 2 aliphatic heterocycles. The van der Waals surface area contributed by atoms with E-state index in [0.717, 1.165) is 17.7 Å². The number of methoxy groups -OCH3 is 1. The summed E-state index contributed by atoms with van der Waals surface area (Å²) in [5.41, 5.74) is 3.14. The van der Waals surface area contributed by atoms with Crippen molar-refractivity contribution in [2.24, 2.45) is 5.92 Å². The molecule has 0 N–H and O–H groups in total. The van der Waals surface area contributed by atoms with Crippen LogP contribution in [0.1, 0.15) is 23.1 Å². The Kier molecular flexibility index (Phi) is 6.07. The van der Waals surface area contributed by atoms with Gasteiger partial charge in [0.25, 0.3) is 0 Å². The summed E-state index contributed by atoms with van der Waals surface area (Å²) < 4.78 is 18.7. The molecule has 3 unspecified atom stereocenters. The van der Waals surface area contributed by atoms with Gasteiger partial charge in [0, 0.05) is 46.5 Å². The highest BCUT2D eigenvalue weighted by Crippen LogP contribution is 2.50. The standard InChI is InChI=1S/C28H29NO3S/c1-32-25-15-9-8-10-21(25)18-27(30)29-19-24-26(20-29)33(31)17-16-28(24,22-11-4-2-5-12-22)23-13-6-3-7-14-23/h2-15,24,26H,16-20H2,1H3. The molecule has 0 saturated carbocycles. The zero-order valence-corrected chi connectivity index (χ0v) is 19.7. The lowest BCUT2D eigenvalue weighted by atomic mass is 9.63. The molecule has 1 amide bonds. The molecule has 3 atom stereocenters. The molecular weight excluding hydrogens is 430 g/mol. The maximum absolute atomic E-state index is 13.4. The summed E-state index contributed by atoms with van der Waals surface area (Å²) >= 11 is 0. The second kappa shape index (κ2) is 9.14. The molecule has 2 fully saturated rings. The van der Waals surface area contributed by atoms with Crippen LogP contribution in [0.25, 0.3) is 0 Å². The van der Waals surface area contributed by atoms with Gasteiger partial charge in [0.15, 0.2) is 0 Å². The van der Waals surface area contributed by atoms with Gasteiger partial charge in [-0.15, -0.1) is 0 Å². The van der Waals surface area contributed by atoms with Gasteiger partial charge in [-0.25, -0.2) is 0 Å². The minimum absolute atomic E-state index is 0.0271. The lowest BCUT2D eigenvalue weighted by molar-refractivity contribution is -0.129. The molecule has 2 aliphatic rings. The van der Waals surface area contributed by atoms with E-state index < -0.39 is 10.8 Å². The SMILES string of the molecule is COc1ccccc1CC(=O)N1CC2C(C1)C(c1ccccc1)(c1ccccc1)CCS2=O. The number of ether oxygens (including phenoxy) is 1. The Morgan fingerprint density at radius 3 is 2.18 bits per heavy atom. The third kappa shape index (κ3) is 3.89. The summed E-state index contributed by atoms with van der Waals surface area (Å²) in [6.45, 7) is 1.17. The first-order valence-electron chi connectivity index (χ1n) is 11.5. The van der Waals surface area contributed by atoms with Crippen LogP contribution in [-0.4, -0.2) is 46.2 Å². The maximum atomic E-state index is 13.4. The van der Waals surface area contributed by atoms with Crippen molar-refractivity contribution in [3.63, 3.8) is 0 Å². The number of benzene rings is 3. The highest BCUT2D eigenvalue weighted by Gasteiger charge is 2.54. The number of nitrogens with zero attached hydrogens (tertiary/aromatic N) is 1. The summed E-state index contributed by atoms with van der Waals surface area (Å²) in [5.74, 6) is 1.56. The molecule has 3 aromatic carbocycles. The summed E-state index contributed by atoms with van der Waals surface area (Å²) in [4.78, 5) is 15.3. The van der Waals surface area contributed by atoms with Crippen LogP contribution >= 0.6 is 0 Å². The molecule has 0 radical (unpaired) electrons. The Hall–Kier alpha value is -2.92. The Bertz CT molecular complexity index is 1110. The Labute approximate surface area is 198 Å². The topological polar surface area (TPSA) is 46.6 Å². The Balaban J connectivity index is 1.50. The monoisotopic (exact) mass is 459 g/mol. The molecule has 4 nitrogen and oxygen atoms in total. The van der Waals surface area contributed by atoms with Crippen molar-refractivity contribution >= 4 is 16.7 Å². The smallest absolute Gasteiger partial charge is 0.227 e. The second-order valence-corrected chi connectivity index (χ2v) is 10.7. The van der Waals surface area contributed by atoms with Gasteiger partial charge in [0.2, 0.25) is 5.91 Å². The van der Waals surface area contributed by atoms with E-state index in [-0.39, 0.29) is 22.5 Å². The summed E-state index contributed by atoms with van der Waals surface area (Å²) in [6, 6.07) is 28.9. The largest absolute Gasteiger partial charge is 0.496 e. The number of rotatable bonds is 5. The van der Waals surface area contributed by atoms with Crippen molar-refractivity contribution in [1.29, 1.82) is 0 Å². The van der Waals surface area contributed by atoms with E-state index in [1.165, 1.54) is 11.1 Å². The number of amides is 1. The molecule has 2 heterocycles. The van der Waals surface area contributed by atoms with Crippen LogP contribution in [0.4, 0.5) is 0 Å². The fourth-order valence-electron chi connectivity index (χ4n) is 5.79. The van der Waals surface area contributed by atoms with Gasteiger partial charge in [-0.1, -0.05) is 78.9 Å². The third-order valence-electron chi connectivity index (χ3n) is 7.40. The summed E-state index contributed by atoms with van der Waals surface area (Å²) in [5, 5.41) is -0.0271. The molecule has 0 aliphatic carbocycles. The zero-order chi connectivity index (χ0) is 22.8. The maximum Gasteiger partial charge on any atom is 0.227 e. The fraction of sp³-hybridized carbons (Fsp3) is 0.321. The highest BCUT2D eigenvalue weighted by atomic mass is 32.2. The van der Waals surface area contributed by atoms with Gasteiger partial charge in [-0.3, -0.25) is 9.00 Å². The van der Waals surface area contributed by atoms with E-state index in [4.69, 9.17) is 4.74 Å². The van der Waals surface area contributed by atoms with Gasteiger partial charge in [0.1, 0.15) is 5.75 Å². The van der Waals surface area contributed by atoms with Crippen LogP contribution in [0.3, 0.4) is 0 Å². The minimum atomic E-state index is -0.948. The molecule has 0 bridgehead atoms. The number of hydrogen-bond donors (Lipinski definition) is 0. The van der Waals surface area contributed by atoms with E-state index in [0.29, 0.717) is 25.3 Å². The fourth-order valence-corrected chi connectivity index (χ4v) is 7.65. The van der Waals surface area contributed by atoms with Crippen molar-refractivity contribution in [1.82, 2.24) is 4.90 Å². The van der Waals surface area contributed by atoms with E-state index in [1.54, 1.807) is 7.11 Å². The first kappa shape index (κ1) is 21.9. The second-order valence-electron chi connectivity index (χ2n) is 8.97. The molecule has 2 saturated heterocycles. The van der Waals surface area contributed by atoms with Gasteiger partial charge < -0.3 is 9.64 Å². The molecule has 5 rings (SSSR count). The summed E-state index contributed by atoms with van der Waals surface area (Å²) in [6.07, 6.45) is 1.11. The number of likely N-dealkylation sites (tertiary alicyclic amines) is 1. The number of para-hydroxylation sites is 1. The minimum Gasteiger partial charge on any atom is -0.496 e. The predicted octanol–water partition coefficient (Wildman–Crippen LogP) is 4.20. The van der Waals surface area contributed by atoms with Crippen LogP contribution in [0.5, 0.6) is 5.75 Å². The lowest BCUT2D eigenvalue weighted by Gasteiger charge is -2.45. The van der Waals surface area contributed by atoms with E-state index in [2.05, 4.69) is 48.5 Å². The number of carbonyl (C=O) groups is 1. The lowest BCUT2D eigenvalue weighted by Crippen LogP contribution is -2.49. The number of fused-ring (bicyclic) bond motifs is 1. The van der Waals surface area contributed by atoms with Crippen LogP contribution in [0.15, 0.2) is 84.9 Å². The van der Waals surface area contributed by atoms with Crippen molar-refractivity contribution in [2.75, 3.05) is 26.0 Å². The van der Waals surface area contributed by atoms with Crippen molar-refractivity contribution < 1.29 is 13.7 Å². The van der Waals surface area contributed by atoms with E-state index in [9.17, 15) is 9.00 Å². The first-order chi connectivity index (χ1) is 16.1. The molecule has 0 spiro atoms. The van der Waals surface area contributed by atoms with Gasteiger partial charge >= 0.3 is 0 Å². The normalized spacial score (nSPS) is 23.7. The average Bonchev–Trinajstić information content (AvgIpc) is 3.33. The van der Waals surface area contributed by atoms with Gasteiger partial charge in [-0.2, -0.15) is 0 Å². The van der Waals surface area contributed by atoms with Crippen LogP contribution in [0, 0.1) is 5.92 Å². The van der Waals surface area contributed by atoms with Gasteiger partial charge in [-0.05, 0) is 23.6 Å². The molecular formula is C28H29NO3S. The molecule has 170 valence electrons. The average molecular weight is 460 g/mol. The van der Waals surface area contributed by atoms with Crippen molar-refractivity contribution in [3.8, 4) is 5.75 Å². The van der Waals surface area contributed by atoms with Crippen molar-refractivity contribution in [2.45, 2.75) is 23.5 Å². The molecule has 33 heavy (non-hydrogen) atoms. The predicted molar refractivity (Wildman–Crippen MR) is 132 cm³/mol. The quantitative estimate of drug-likeness (QED) is 0.574. The molecule has 0 aromatic heterocycles. The number of hydrogen-bond acceptors (Lipinski definition) is 3. The van der Waals surface area contributed by atoms with Gasteiger partial charge in [0.05, 0.1) is 18.8 Å². The summed E-state index contributed by atoms with van der Waals surface area (Å²) in [7, 11) is 0.682. The van der Waals surface area contributed by atoms with E-state index >= 15 is 0 Å². The van der Waals surface area contributed by atoms with E-state index in [1.807, 2.05) is 41.3 Å². The van der Waals surface area contributed by atoms with Crippen LogP contribution in [-0.2, 0) is 27.4 Å². The Morgan fingerprint density at radius 1 is 0.939 bits per heavy atom. The van der Waals surface area contributed by atoms with Crippen LogP contribution < -0.4 is 4.74 Å².